The number of primary amides is 1. The van der Waals surface area contributed by atoms with Gasteiger partial charge in [0.1, 0.15) is 18.2 Å². The molecule has 0 radical (unpaired) electrons. The van der Waals surface area contributed by atoms with Gasteiger partial charge in [-0.05, 0) is 69.1 Å². The molecule has 6 atom stereocenters. The number of methoxy groups -OCH3 is 1. The Morgan fingerprint density at radius 3 is 2.43 bits per heavy atom. The number of alkyl carbamates (subject to hydrolysis) is 1. The quantitative estimate of drug-likeness (QED) is 0.301. The molecule has 0 spiro atoms. The van der Waals surface area contributed by atoms with Crippen LogP contribution in [-0.2, 0) is 23.9 Å². The van der Waals surface area contributed by atoms with E-state index in [4.69, 9.17) is 15.2 Å². The molecule has 0 aromatic carbocycles. The molecule has 2 unspecified atom stereocenters. The number of carbonyl (C=O) groups is 4. The van der Waals surface area contributed by atoms with Crippen molar-refractivity contribution in [3.63, 3.8) is 0 Å². The average molecular weight is 492 g/mol. The maximum atomic E-state index is 13.3. The smallest absolute Gasteiger partial charge is 0.408 e. The van der Waals surface area contributed by atoms with Crippen LogP contribution in [0, 0.1) is 23.7 Å². The van der Waals surface area contributed by atoms with Gasteiger partial charge in [0.15, 0.2) is 0 Å². The van der Waals surface area contributed by atoms with Gasteiger partial charge in [0.05, 0.1) is 13.0 Å². The second-order valence-electron chi connectivity index (χ2n) is 11.0. The van der Waals surface area contributed by atoms with Gasteiger partial charge in [-0.3, -0.25) is 14.4 Å². The van der Waals surface area contributed by atoms with E-state index in [9.17, 15) is 19.2 Å². The topological polar surface area (TPSA) is 128 Å². The summed E-state index contributed by atoms with van der Waals surface area (Å²) in [5, 5.41) is 2.81. The number of ether oxygens (including phenoxy) is 2. The van der Waals surface area contributed by atoms with E-state index in [1.165, 1.54) is 18.4 Å². The monoisotopic (exact) mass is 491 g/mol. The summed E-state index contributed by atoms with van der Waals surface area (Å²) in [6, 6.07) is -1.30. The summed E-state index contributed by atoms with van der Waals surface area (Å²) >= 11 is 0. The lowest BCUT2D eigenvalue weighted by atomic mass is 10.0. The minimum absolute atomic E-state index is 0.0510. The molecule has 9 heteroatoms. The average Bonchev–Trinajstić information content (AvgIpc) is 3.66. The summed E-state index contributed by atoms with van der Waals surface area (Å²) in [7, 11) is 1.44. The zero-order valence-corrected chi connectivity index (χ0v) is 20.9. The van der Waals surface area contributed by atoms with Gasteiger partial charge in [-0.1, -0.05) is 32.1 Å². The van der Waals surface area contributed by atoms with Crippen LogP contribution in [0.1, 0.15) is 83.5 Å². The highest BCUT2D eigenvalue weighted by Gasteiger charge is 2.47. The van der Waals surface area contributed by atoms with Crippen LogP contribution in [0.15, 0.2) is 0 Å². The van der Waals surface area contributed by atoms with E-state index in [-0.39, 0.29) is 23.9 Å². The van der Waals surface area contributed by atoms with Gasteiger partial charge in [-0.2, -0.15) is 0 Å². The van der Waals surface area contributed by atoms with Crippen LogP contribution in [0.25, 0.3) is 0 Å². The number of esters is 1. The second kappa shape index (κ2) is 11.6. The molecule has 9 nitrogen and oxygen atoms in total. The van der Waals surface area contributed by atoms with Crippen molar-refractivity contribution < 1.29 is 28.7 Å². The minimum atomic E-state index is -0.703. The predicted molar refractivity (Wildman–Crippen MR) is 128 cm³/mol. The molecule has 3 saturated carbocycles. The van der Waals surface area contributed by atoms with Crippen LogP contribution in [0.4, 0.5) is 4.79 Å². The van der Waals surface area contributed by atoms with Crippen molar-refractivity contribution in [1.82, 2.24) is 10.2 Å². The normalized spacial score (nSPS) is 31.4. The third-order valence-electron chi connectivity index (χ3n) is 8.42. The Morgan fingerprint density at radius 2 is 1.71 bits per heavy atom. The number of nitrogens with zero attached hydrogens (tertiary/aromatic N) is 1. The summed E-state index contributed by atoms with van der Waals surface area (Å²) in [4.78, 5) is 50.7. The molecule has 0 bridgehead atoms. The lowest BCUT2D eigenvalue weighted by molar-refractivity contribution is -0.142. The van der Waals surface area contributed by atoms with Crippen molar-refractivity contribution >= 4 is 23.9 Å². The number of hydrogen-bond donors (Lipinski definition) is 2. The first-order valence-electron chi connectivity index (χ1n) is 13.5. The number of fused-ring (bicyclic) bond motifs is 1. The number of nitrogens with one attached hydrogen (secondary N) is 1. The molecule has 1 saturated heterocycles. The Morgan fingerprint density at radius 1 is 1.00 bits per heavy atom. The summed E-state index contributed by atoms with van der Waals surface area (Å²) in [6.07, 6.45) is 11.3. The first-order valence-corrected chi connectivity index (χ1v) is 13.5. The molecule has 1 aliphatic heterocycles. The van der Waals surface area contributed by atoms with Crippen LogP contribution in [0.3, 0.4) is 0 Å². The van der Waals surface area contributed by atoms with E-state index < -0.39 is 24.1 Å². The zero-order chi connectivity index (χ0) is 24.9. The van der Waals surface area contributed by atoms with Gasteiger partial charge in [0, 0.05) is 6.54 Å². The molecule has 3 N–H and O–H groups in total. The van der Waals surface area contributed by atoms with Crippen LogP contribution in [0.5, 0.6) is 0 Å². The van der Waals surface area contributed by atoms with Crippen molar-refractivity contribution in [3.05, 3.63) is 0 Å². The number of carbonyl (C=O) groups excluding carboxylic acids is 4. The molecule has 1 heterocycles. The molecule has 196 valence electrons. The molecule has 3 aliphatic carbocycles. The maximum absolute atomic E-state index is 13.3. The highest BCUT2D eigenvalue weighted by atomic mass is 16.6. The molecule has 0 aromatic rings. The SMILES string of the molecule is COC(=O)[C@H]1C[C@H]1CCCCCCC[C@H](NC(=O)OC1CC2CC2C1)C(=O)N1CCC[C@H]1C(N)=O. The first kappa shape index (κ1) is 25.8. The van der Waals surface area contributed by atoms with E-state index in [0.717, 1.165) is 64.2 Å². The third kappa shape index (κ3) is 6.88. The van der Waals surface area contributed by atoms with E-state index in [1.807, 2.05) is 0 Å². The van der Waals surface area contributed by atoms with Crippen LogP contribution in [-0.4, -0.2) is 60.6 Å². The lowest BCUT2D eigenvalue weighted by Crippen LogP contribution is -2.53. The molecule has 4 fully saturated rings. The van der Waals surface area contributed by atoms with Gasteiger partial charge in [-0.25, -0.2) is 4.79 Å². The molecule has 4 rings (SSSR count). The molecular formula is C26H41N3O6. The number of nitrogens with two attached hydrogens (primary N) is 1. The molecule has 0 aromatic heterocycles. The molecule has 3 amide bonds. The van der Waals surface area contributed by atoms with Gasteiger partial charge in [0.25, 0.3) is 0 Å². The fourth-order valence-corrected chi connectivity index (χ4v) is 6.16. The maximum Gasteiger partial charge on any atom is 0.408 e. The van der Waals surface area contributed by atoms with Crippen molar-refractivity contribution in [2.45, 2.75) is 102 Å². The van der Waals surface area contributed by atoms with E-state index in [2.05, 4.69) is 5.32 Å². The van der Waals surface area contributed by atoms with Crippen LogP contribution >= 0.6 is 0 Å². The Balaban J connectivity index is 1.19. The summed E-state index contributed by atoms with van der Waals surface area (Å²) in [6.45, 7) is 0.486. The van der Waals surface area contributed by atoms with Crippen molar-refractivity contribution in [2.24, 2.45) is 29.4 Å². The first-order chi connectivity index (χ1) is 16.9. The van der Waals surface area contributed by atoms with Gasteiger partial charge < -0.3 is 25.4 Å². The summed E-state index contributed by atoms with van der Waals surface area (Å²) in [5.74, 6) is 1.17. The van der Waals surface area contributed by atoms with E-state index in [1.54, 1.807) is 0 Å². The highest BCUT2D eigenvalue weighted by molar-refractivity contribution is 5.91. The zero-order valence-electron chi connectivity index (χ0n) is 20.9. The number of likely N-dealkylation sites (tertiary alicyclic amines) is 1. The Labute approximate surface area is 207 Å². The number of rotatable bonds is 13. The van der Waals surface area contributed by atoms with E-state index >= 15 is 0 Å². The highest BCUT2D eigenvalue weighted by Crippen LogP contribution is 2.52. The Bertz CT molecular complexity index is 794. The van der Waals surface area contributed by atoms with Gasteiger partial charge >= 0.3 is 12.1 Å². The fourth-order valence-electron chi connectivity index (χ4n) is 6.16. The van der Waals surface area contributed by atoms with Gasteiger partial charge in [-0.15, -0.1) is 0 Å². The van der Waals surface area contributed by atoms with Crippen molar-refractivity contribution in [2.75, 3.05) is 13.7 Å². The lowest BCUT2D eigenvalue weighted by Gasteiger charge is -2.28. The molecule has 35 heavy (non-hydrogen) atoms. The Hall–Kier alpha value is -2.32. The summed E-state index contributed by atoms with van der Waals surface area (Å²) < 4.78 is 10.4. The van der Waals surface area contributed by atoms with E-state index in [0.29, 0.717) is 37.1 Å². The summed E-state index contributed by atoms with van der Waals surface area (Å²) in [5.41, 5.74) is 5.51. The fraction of sp³-hybridized carbons (Fsp3) is 0.846. The second-order valence-corrected chi connectivity index (χ2v) is 11.0. The van der Waals surface area contributed by atoms with Gasteiger partial charge in [0.2, 0.25) is 11.8 Å². The Kier molecular flexibility index (Phi) is 8.55. The van der Waals surface area contributed by atoms with Crippen molar-refractivity contribution in [3.8, 4) is 0 Å². The largest absolute Gasteiger partial charge is 0.469 e. The standard InChI is InChI=1S/C26H41N3O6/c1-34-25(32)20-15-16(20)8-5-3-2-4-6-9-21(24(31)29-11-7-10-22(29)23(27)30)28-26(33)35-19-13-17-12-18(17)14-19/h16-22H,2-15H2,1H3,(H2,27,30)(H,28,33)/t16-,17?,18?,19?,20+,21+,22+/m1/s1. The number of unbranched alkanes of at least 4 members (excludes halogenated alkanes) is 4. The predicted octanol–water partition coefficient (Wildman–Crippen LogP) is 2.90. The number of amides is 3. The minimum Gasteiger partial charge on any atom is -0.469 e. The van der Waals surface area contributed by atoms with Crippen LogP contribution < -0.4 is 11.1 Å². The van der Waals surface area contributed by atoms with Crippen LogP contribution in [0.2, 0.25) is 0 Å². The number of hydrogen-bond acceptors (Lipinski definition) is 6. The molecule has 4 aliphatic rings. The molecular weight excluding hydrogens is 450 g/mol. The van der Waals surface area contributed by atoms with Crippen molar-refractivity contribution in [1.29, 1.82) is 0 Å². The third-order valence-corrected chi connectivity index (χ3v) is 8.42.